The summed E-state index contributed by atoms with van der Waals surface area (Å²) in [6.45, 7) is 2.57. The molecule has 1 aromatic rings. The molecule has 0 spiro atoms. The van der Waals surface area contributed by atoms with Crippen LogP contribution in [0.5, 0.6) is 0 Å². The van der Waals surface area contributed by atoms with Crippen LogP contribution in [0.4, 0.5) is 0 Å². The van der Waals surface area contributed by atoms with Gasteiger partial charge in [-0.1, -0.05) is 25.6 Å². The van der Waals surface area contributed by atoms with Crippen LogP contribution in [0.1, 0.15) is 37.4 Å². The Labute approximate surface area is 115 Å². The van der Waals surface area contributed by atoms with Crippen molar-refractivity contribution in [3.8, 4) is 0 Å². The Morgan fingerprint density at radius 2 is 2.18 bits per heavy atom. The van der Waals surface area contributed by atoms with Crippen LogP contribution in [0.15, 0.2) is 4.47 Å². The Morgan fingerprint density at radius 3 is 2.71 bits per heavy atom. The second kappa shape index (κ2) is 7.20. The zero-order valence-corrected chi connectivity index (χ0v) is 12.7. The average molecular weight is 321 g/mol. The molecular formula is C11H17BrN2O2S. The van der Waals surface area contributed by atoms with Crippen LogP contribution in [-0.2, 0) is 16.1 Å². The Morgan fingerprint density at radius 1 is 1.47 bits per heavy atom. The van der Waals surface area contributed by atoms with Crippen LogP contribution in [0.2, 0.25) is 0 Å². The molecule has 1 atom stereocenters. The molecule has 0 saturated carbocycles. The molecule has 0 fully saturated rings. The van der Waals surface area contributed by atoms with E-state index in [1.807, 2.05) is 0 Å². The second-order valence-corrected chi connectivity index (χ2v) is 4.85. The number of rotatable bonds is 6. The highest BCUT2D eigenvalue weighted by atomic mass is 79.9. The van der Waals surface area contributed by atoms with Crippen molar-refractivity contribution in [2.75, 3.05) is 14.2 Å². The first-order chi connectivity index (χ1) is 8.13. The van der Waals surface area contributed by atoms with Gasteiger partial charge >= 0.3 is 0 Å². The third-order valence-electron chi connectivity index (χ3n) is 2.38. The van der Waals surface area contributed by atoms with Crippen LogP contribution in [0.25, 0.3) is 0 Å². The Bertz CT molecular complexity index is 422. The maximum absolute atomic E-state index is 5.41. The molecule has 0 amide bonds. The van der Waals surface area contributed by atoms with Crippen LogP contribution in [0, 0.1) is 4.64 Å². The lowest BCUT2D eigenvalue weighted by atomic mass is 10.2. The highest BCUT2D eigenvalue weighted by molar-refractivity contribution is 9.10. The van der Waals surface area contributed by atoms with E-state index in [0.717, 1.165) is 28.8 Å². The number of hydrogen-bond donors (Lipinski definition) is 1. The van der Waals surface area contributed by atoms with Crippen LogP contribution in [-0.4, -0.2) is 24.2 Å². The summed E-state index contributed by atoms with van der Waals surface area (Å²) < 4.78 is 11.8. The number of aromatic nitrogens is 2. The monoisotopic (exact) mass is 320 g/mol. The maximum atomic E-state index is 5.41. The van der Waals surface area contributed by atoms with Gasteiger partial charge in [-0.15, -0.1) is 0 Å². The fourth-order valence-electron chi connectivity index (χ4n) is 1.55. The SMILES string of the molecule is CCCC(OC)c1nc(=S)c(Br)c(COC)[nH]1. The minimum atomic E-state index is -0.0505. The molecule has 1 heterocycles. The third-order valence-corrected chi connectivity index (χ3v) is 3.79. The summed E-state index contributed by atoms with van der Waals surface area (Å²) in [4.78, 5) is 7.55. The highest BCUT2D eigenvalue weighted by Gasteiger charge is 2.14. The molecule has 96 valence electrons. The molecule has 0 aliphatic heterocycles. The van der Waals surface area contributed by atoms with Crippen molar-refractivity contribution in [2.45, 2.75) is 32.5 Å². The number of halogens is 1. The second-order valence-electron chi connectivity index (χ2n) is 3.67. The van der Waals surface area contributed by atoms with Gasteiger partial charge in [0, 0.05) is 14.2 Å². The molecule has 17 heavy (non-hydrogen) atoms. The molecule has 0 aromatic carbocycles. The van der Waals surface area contributed by atoms with E-state index in [-0.39, 0.29) is 6.10 Å². The first-order valence-electron chi connectivity index (χ1n) is 5.44. The molecule has 0 bridgehead atoms. The van der Waals surface area contributed by atoms with E-state index < -0.39 is 0 Å². The normalized spacial score (nSPS) is 12.7. The van der Waals surface area contributed by atoms with E-state index >= 15 is 0 Å². The molecule has 0 aliphatic carbocycles. The lowest BCUT2D eigenvalue weighted by Crippen LogP contribution is -2.10. The molecule has 0 radical (unpaired) electrons. The van der Waals surface area contributed by atoms with E-state index in [4.69, 9.17) is 21.7 Å². The van der Waals surface area contributed by atoms with E-state index in [0.29, 0.717) is 11.2 Å². The van der Waals surface area contributed by atoms with Gasteiger partial charge in [-0.3, -0.25) is 0 Å². The minimum Gasteiger partial charge on any atom is -0.378 e. The topological polar surface area (TPSA) is 47.1 Å². The lowest BCUT2D eigenvalue weighted by Gasteiger charge is -2.15. The highest BCUT2D eigenvalue weighted by Crippen LogP contribution is 2.23. The number of hydrogen-bond acceptors (Lipinski definition) is 4. The Kier molecular flexibility index (Phi) is 6.26. The van der Waals surface area contributed by atoms with Gasteiger partial charge in [-0.05, 0) is 22.4 Å². The molecule has 1 aromatic heterocycles. The maximum Gasteiger partial charge on any atom is 0.144 e. The predicted molar refractivity (Wildman–Crippen MR) is 72.5 cm³/mol. The van der Waals surface area contributed by atoms with E-state index in [1.165, 1.54) is 0 Å². The minimum absolute atomic E-state index is 0.0505. The fourth-order valence-corrected chi connectivity index (χ4v) is 2.07. The molecule has 0 aliphatic rings. The number of H-pyrrole nitrogens is 1. The van der Waals surface area contributed by atoms with Gasteiger partial charge in [0.15, 0.2) is 0 Å². The van der Waals surface area contributed by atoms with Crippen molar-refractivity contribution in [3.05, 3.63) is 20.6 Å². The van der Waals surface area contributed by atoms with E-state index in [9.17, 15) is 0 Å². The fraction of sp³-hybridized carbons (Fsp3) is 0.636. The number of nitrogens with zero attached hydrogens (tertiary/aromatic N) is 1. The smallest absolute Gasteiger partial charge is 0.144 e. The van der Waals surface area contributed by atoms with Crippen LogP contribution in [0.3, 0.4) is 0 Å². The molecule has 6 heteroatoms. The van der Waals surface area contributed by atoms with Gasteiger partial charge in [0.05, 0.1) is 16.8 Å². The van der Waals surface area contributed by atoms with Crippen molar-refractivity contribution in [1.29, 1.82) is 0 Å². The third kappa shape index (κ3) is 3.84. The average Bonchev–Trinajstić information content (AvgIpc) is 2.32. The van der Waals surface area contributed by atoms with Gasteiger partial charge in [-0.25, -0.2) is 4.98 Å². The molecular weight excluding hydrogens is 304 g/mol. The largest absolute Gasteiger partial charge is 0.378 e. The summed E-state index contributed by atoms with van der Waals surface area (Å²) in [5, 5.41) is 0. The lowest BCUT2D eigenvalue weighted by molar-refractivity contribution is 0.0866. The number of aromatic amines is 1. The van der Waals surface area contributed by atoms with Crippen molar-refractivity contribution < 1.29 is 9.47 Å². The summed E-state index contributed by atoms with van der Waals surface area (Å²) in [6, 6.07) is 0. The van der Waals surface area contributed by atoms with Crippen LogP contribution < -0.4 is 0 Å². The summed E-state index contributed by atoms with van der Waals surface area (Å²) in [5.74, 6) is 0.759. The quantitative estimate of drug-likeness (QED) is 0.814. The summed E-state index contributed by atoms with van der Waals surface area (Å²) in [6.07, 6.45) is 1.88. The number of methoxy groups -OCH3 is 2. The van der Waals surface area contributed by atoms with Crippen molar-refractivity contribution >= 4 is 28.1 Å². The predicted octanol–water partition coefficient (Wildman–Crippen LogP) is 3.54. The van der Waals surface area contributed by atoms with Gasteiger partial charge in [0.25, 0.3) is 0 Å². The zero-order chi connectivity index (χ0) is 12.8. The number of nitrogens with one attached hydrogen (secondary N) is 1. The van der Waals surface area contributed by atoms with Crippen molar-refractivity contribution in [2.24, 2.45) is 0 Å². The Balaban J connectivity index is 3.12. The summed E-state index contributed by atoms with van der Waals surface area (Å²) in [5.41, 5.74) is 0.889. The van der Waals surface area contributed by atoms with Gasteiger partial charge in [0.2, 0.25) is 0 Å². The first kappa shape index (κ1) is 14.8. The standard InChI is InChI=1S/C11H17BrN2O2S/c1-4-5-8(16-3)10-13-7(6-15-2)9(12)11(17)14-10/h8H,4-6H2,1-3H3,(H,13,14,17). The zero-order valence-electron chi connectivity index (χ0n) is 10.2. The first-order valence-corrected chi connectivity index (χ1v) is 6.64. The molecule has 1 N–H and O–H groups in total. The molecule has 1 unspecified atom stereocenters. The van der Waals surface area contributed by atoms with Crippen LogP contribution >= 0.6 is 28.1 Å². The van der Waals surface area contributed by atoms with Crippen molar-refractivity contribution in [1.82, 2.24) is 9.97 Å². The molecule has 1 rings (SSSR count). The summed E-state index contributed by atoms with van der Waals surface area (Å²) in [7, 11) is 3.32. The van der Waals surface area contributed by atoms with Gasteiger partial charge < -0.3 is 14.5 Å². The van der Waals surface area contributed by atoms with E-state index in [1.54, 1.807) is 14.2 Å². The molecule has 0 saturated heterocycles. The van der Waals surface area contributed by atoms with E-state index in [2.05, 4.69) is 32.8 Å². The summed E-state index contributed by atoms with van der Waals surface area (Å²) >= 11 is 8.61. The molecule has 4 nitrogen and oxygen atoms in total. The number of ether oxygens (including phenoxy) is 2. The Hall–Kier alpha value is -0.300. The van der Waals surface area contributed by atoms with Gasteiger partial charge in [-0.2, -0.15) is 0 Å². The van der Waals surface area contributed by atoms with Gasteiger partial charge in [0.1, 0.15) is 16.6 Å². The van der Waals surface area contributed by atoms with Crippen molar-refractivity contribution in [3.63, 3.8) is 0 Å².